The third-order valence-electron chi connectivity index (χ3n) is 13.0. The van der Waals surface area contributed by atoms with Gasteiger partial charge in [-0.3, -0.25) is 4.79 Å². The number of fused-ring (bicyclic) bond motifs is 1. The van der Waals surface area contributed by atoms with Crippen LogP contribution in [0.5, 0.6) is 0 Å². The smallest absolute Gasteiger partial charge is 0.410 e. The Morgan fingerprint density at radius 2 is 1.55 bits per heavy atom. The summed E-state index contributed by atoms with van der Waals surface area (Å²) >= 11 is 0. The monoisotopic (exact) mass is 962 g/mol. The molecule has 2 N–H and O–H groups in total. The predicted molar refractivity (Wildman–Crippen MR) is 261 cm³/mol. The third kappa shape index (κ3) is 11.4. The van der Waals surface area contributed by atoms with E-state index in [9.17, 15) is 23.1 Å². The minimum atomic E-state index is -4.25. The molecule has 2 aliphatic rings. The van der Waals surface area contributed by atoms with Gasteiger partial charge in [-0.25, -0.2) is 35.9 Å². The number of nitrogens with one attached hydrogen (secondary N) is 1. The van der Waals surface area contributed by atoms with Crippen molar-refractivity contribution >= 4 is 38.7 Å². The van der Waals surface area contributed by atoms with Crippen molar-refractivity contribution in [1.82, 2.24) is 23.7 Å². The van der Waals surface area contributed by atoms with Gasteiger partial charge in [0.15, 0.2) is 5.65 Å². The maximum absolute atomic E-state index is 15.5. The second kappa shape index (κ2) is 20.1. The Morgan fingerprint density at radius 3 is 2.20 bits per heavy atom. The van der Waals surface area contributed by atoms with Gasteiger partial charge in [0.05, 0.1) is 40.2 Å². The summed E-state index contributed by atoms with van der Waals surface area (Å²) in [5.41, 5.74) is 0.924. The fourth-order valence-electron chi connectivity index (χ4n) is 9.05. The van der Waals surface area contributed by atoms with E-state index in [2.05, 4.69) is 20.2 Å². The van der Waals surface area contributed by atoms with Crippen LogP contribution in [0, 0.1) is 24.5 Å². The lowest BCUT2D eigenvalue weighted by molar-refractivity contribution is -0.00412. The lowest BCUT2D eigenvalue weighted by Crippen LogP contribution is -2.42. The number of aromatic nitrogens is 3. The first-order chi connectivity index (χ1) is 32.7. The molecule has 2 fully saturated rings. The van der Waals surface area contributed by atoms with Crippen molar-refractivity contribution in [2.75, 3.05) is 38.0 Å². The van der Waals surface area contributed by atoms with Crippen molar-refractivity contribution in [3.8, 4) is 22.5 Å². The van der Waals surface area contributed by atoms with E-state index in [1.807, 2.05) is 49.9 Å². The summed E-state index contributed by atoms with van der Waals surface area (Å²) < 4.78 is 72.9. The molecule has 13 nitrogen and oxygen atoms in total. The molecule has 2 saturated heterocycles. The molecule has 2 amide bonds. The first-order valence-electron chi connectivity index (χ1n) is 23.5. The van der Waals surface area contributed by atoms with Crippen LogP contribution in [0.15, 0.2) is 102 Å². The Hall–Kier alpha value is -6.07. The quantitative estimate of drug-likeness (QED) is 0.114. The van der Waals surface area contributed by atoms with Crippen molar-refractivity contribution in [2.24, 2.45) is 5.92 Å². The van der Waals surface area contributed by atoms with E-state index < -0.39 is 38.8 Å². The molecule has 16 heteroatoms. The van der Waals surface area contributed by atoms with Gasteiger partial charge < -0.3 is 29.7 Å². The number of carbonyl (C=O) groups excluding carboxylic acids is 2. The lowest BCUT2D eigenvalue weighted by atomic mass is 9.93. The van der Waals surface area contributed by atoms with Crippen LogP contribution in [0.4, 0.5) is 19.3 Å². The molecular formula is C53H60F2N6O7S. The van der Waals surface area contributed by atoms with Gasteiger partial charge in [-0.05, 0) is 151 Å². The molecular weight excluding hydrogens is 903 g/mol. The zero-order valence-electron chi connectivity index (χ0n) is 40.0. The number of nitrogens with zero attached hydrogens (tertiary/aromatic N) is 5. The van der Waals surface area contributed by atoms with Crippen LogP contribution in [0.25, 0.3) is 33.5 Å². The summed E-state index contributed by atoms with van der Waals surface area (Å²) in [6.07, 6.45) is 6.03. The zero-order valence-corrected chi connectivity index (χ0v) is 40.8. The van der Waals surface area contributed by atoms with Crippen LogP contribution < -0.4 is 5.32 Å². The average molecular weight is 963 g/mol. The number of benzene rings is 4. The molecule has 0 unspecified atom stereocenters. The summed E-state index contributed by atoms with van der Waals surface area (Å²) in [6, 6.07) is 23.3. The number of likely N-dealkylation sites (tertiary alicyclic amines) is 2. The Morgan fingerprint density at radius 1 is 0.855 bits per heavy atom. The molecule has 364 valence electrons. The second-order valence-electron chi connectivity index (χ2n) is 19.7. The molecule has 6 aromatic rings. The first kappa shape index (κ1) is 49.4. The van der Waals surface area contributed by atoms with E-state index in [1.54, 1.807) is 31.2 Å². The summed E-state index contributed by atoms with van der Waals surface area (Å²) in [7, 11) is -4.25. The van der Waals surface area contributed by atoms with Gasteiger partial charge in [-0.15, -0.1) is 0 Å². The van der Waals surface area contributed by atoms with Crippen LogP contribution in [-0.4, -0.2) is 93.7 Å². The van der Waals surface area contributed by atoms with Crippen LogP contribution in [0.2, 0.25) is 0 Å². The topological polar surface area (TPSA) is 156 Å². The van der Waals surface area contributed by atoms with E-state index in [-0.39, 0.29) is 50.8 Å². The largest absolute Gasteiger partial charge is 0.444 e. The van der Waals surface area contributed by atoms with Crippen molar-refractivity contribution < 1.29 is 41.4 Å². The zero-order chi connectivity index (χ0) is 49.3. The number of carbonyl (C=O) groups is 2. The fourth-order valence-corrected chi connectivity index (χ4v) is 10.6. The number of hydrogen-bond acceptors (Lipinski definition) is 10. The molecule has 8 rings (SSSR count). The number of aliphatic hydroxyl groups is 1. The van der Waals surface area contributed by atoms with Crippen molar-refractivity contribution in [3.63, 3.8) is 0 Å². The van der Waals surface area contributed by atoms with Crippen molar-refractivity contribution in [1.29, 1.82) is 0 Å². The molecule has 0 spiro atoms. The minimum Gasteiger partial charge on any atom is -0.444 e. The molecule has 4 aromatic carbocycles. The molecule has 2 aromatic heterocycles. The van der Waals surface area contributed by atoms with Crippen molar-refractivity contribution in [3.05, 3.63) is 131 Å². The van der Waals surface area contributed by atoms with Gasteiger partial charge in [0.25, 0.3) is 15.9 Å². The lowest BCUT2D eigenvalue weighted by Gasteiger charge is -2.35. The van der Waals surface area contributed by atoms with E-state index in [0.29, 0.717) is 34.7 Å². The van der Waals surface area contributed by atoms with E-state index in [4.69, 9.17) is 9.47 Å². The van der Waals surface area contributed by atoms with Crippen LogP contribution in [0.1, 0.15) is 93.8 Å². The Labute approximate surface area is 402 Å². The highest BCUT2D eigenvalue weighted by Crippen LogP contribution is 2.39. The molecule has 0 bridgehead atoms. The van der Waals surface area contributed by atoms with E-state index in [1.165, 1.54) is 54.5 Å². The summed E-state index contributed by atoms with van der Waals surface area (Å²) in [5.74, 6) is -1.82. The van der Waals surface area contributed by atoms with Crippen LogP contribution >= 0.6 is 0 Å². The number of rotatable bonds is 13. The van der Waals surface area contributed by atoms with Gasteiger partial charge in [-0.1, -0.05) is 48.5 Å². The maximum atomic E-state index is 15.5. The van der Waals surface area contributed by atoms with Gasteiger partial charge in [-0.2, -0.15) is 0 Å². The first-order valence-corrected chi connectivity index (χ1v) is 24.9. The molecule has 0 aliphatic carbocycles. The van der Waals surface area contributed by atoms with Crippen LogP contribution in [-0.2, 0) is 31.7 Å². The molecule has 0 saturated carbocycles. The number of anilines is 1. The van der Waals surface area contributed by atoms with Crippen LogP contribution in [0.3, 0.4) is 0 Å². The molecule has 4 heterocycles. The minimum absolute atomic E-state index is 0.0374. The summed E-state index contributed by atoms with van der Waals surface area (Å²) in [5, 5.41) is 13.3. The Bertz CT molecular complexity index is 2940. The Balaban J connectivity index is 0.975. The number of amides is 2. The fraction of sp³-hybridized carbons (Fsp3) is 0.396. The predicted octanol–water partition coefficient (Wildman–Crippen LogP) is 10.1. The van der Waals surface area contributed by atoms with Gasteiger partial charge in [0.1, 0.15) is 23.6 Å². The number of halogens is 2. The highest BCUT2D eigenvalue weighted by atomic mass is 32.2. The highest BCUT2D eigenvalue weighted by Gasteiger charge is 2.30. The third-order valence-corrected chi connectivity index (χ3v) is 14.7. The molecule has 69 heavy (non-hydrogen) atoms. The maximum Gasteiger partial charge on any atom is 0.410 e. The summed E-state index contributed by atoms with van der Waals surface area (Å²) in [6.45, 7) is 15.1. The highest BCUT2D eigenvalue weighted by molar-refractivity contribution is 7.90. The number of ether oxygens (including phenoxy) is 2. The standard InChI is InChI=1S/C53H60F2N6O7S/c1-34-43(29-39(54)30-46(34)58-50(62)42-17-16-38(28-45(42)55)53(5,6)64)48-44-31-47(61(49(44)57-33-56-48)69(65,66)41-10-8-7-9-11-41)37-14-12-36(13-15-37)32-67-40-21-24-59(25-22-40)23-18-35-19-26-60(27-20-35)51(63)68-52(2,3)4/h7-17,28-31,33,35,40,64H,18-27,32H2,1-6H3,(H,58,62). The second-order valence-corrected chi connectivity index (χ2v) is 21.4. The van der Waals surface area contributed by atoms with Gasteiger partial charge >= 0.3 is 6.09 Å². The SMILES string of the molecule is Cc1c(NC(=O)c2ccc(C(C)(C)O)cc2F)cc(F)cc1-c1ncnc2c1cc(-c1ccc(COC3CCN(CCC4CCN(C(=O)OC(C)(C)C)CC4)CC3)cc1)n2S(=O)(=O)c1ccccc1. The molecule has 0 radical (unpaired) electrons. The van der Waals surface area contributed by atoms with Crippen molar-refractivity contribution in [2.45, 2.75) is 102 Å². The molecule has 0 atom stereocenters. The van der Waals surface area contributed by atoms with E-state index >= 15 is 8.78 Å². The average Bonchev–Trinajstić information content (AvgIpc) is 3.72. The molecule has 2 aliphatic heterocycles. The Kier molecular flexibility index (Phi) is 14.4. The number of piperidine rings is 2. The normalized spacial score (nSPS) is 15.7. The van der Waals surface area contributed by atoms with Gasteiger partial charge in [0.2, 0.25) is 0 Å². The summed E-state index contributed by atoms with van der Waals surface area (Å²) in [4.78, 5) is 39.2. The van der Waals surface area contributed by atoms with E-state index in [0.717, 1.165) is 82.5 Å². The number of hydrogen-bond donors (Lipinski definition) is 2. The van der Waals surface area contributed by atoms with Gasteiger partial charge in [0, 0.05) is 42.8 Å².